The number of rotatable bonds is 6. The molecule has 0 saturated heterocycles. The number of nitrogens with one attached hydrogen (secondary N) is 2. The van der Waals surface area contributed by atoms with E-state index in [9.17, 15) is 9.59 Å². The van der Waals surface area contributed by atoms with Gasteiger partial charge >= 0.3 is 0 Å². The third-order valence-corrected chi connectivity index (χ3v) is 3.16. The minimum Gasteiger partial charge on any atom is -0.350 e. The fraction of sp³-hybridized carbons (Fsp3) is 0.235. The summed E-state index contributed by atoms with van der Waals surface area (Å²) in [5, 5.41) is 5.38. The van der Waals surface area contributed by atoms with Crippen LogP contribution >= 0.6 is 0 Å². The Hall–Kier alpha value is -2.69. The van der Waals surface area contributed by atoms with Crippen molar-refractivity contribution >= 4 is 17.5 Å². The number of nitrogens with zero attached hydrogens (tertiary/aromatic N) is 1. The molecular formula is C17H19N3O2. The Morgan fingerprint density at radius 2 is 1.82 bits per heavy atom. The van der Waals surface area contributed by atoms with Crippen LogP contribution < -0.4 is 10.6 Å². The molecule has 1 heterocycles. The molecule has 5 nitrogen and oxygen atoms in total. The summed E-state index contributed by atoms with van der Waals surface area (Å²) in [4.78, 5) is 27.6. The van der Waals surface area contributed by atoms with E-state index in [1.165, 1.54) is 5.56 Å². The number of hydrogen-bond donors (Lipinski definition) is 2. The van der Waals surface area contributed by atoms with Gasteiger partial charge in [0.25, 0.3) is 0 Å². The quantitative estimate of drug-likeness (QED) is 0.804. The SMILES string of the molecule is CCc1ccc(NC(=O)CC(=O)NCc2ccccn2)cc1. The first-order chi connectivity index (χ1) is 10.7. The van der Waals surface area contributed by atoms with Gasteiger partial charge in [-0.2, -0.15) is 0 Å². The van der Waals surface area contributed by atoms with Crippen LogP contribution in [0.2, 0.25) is 0 Å². The molecule has 0 atom stereocenters. The van der Waals surface area contributed by atoms with Crippen LogP contribution in [0.3, 0.4) is 0 Å². The van der Waals surface area contributed by atoms with Crippen molar-refractivity contribution in [2.75, 3.05) is 5.32 Å². The fourth-order valence-corrected chi connectivity index (χ4v) is 1.93. The molecule has 0 bridgehead atoms. The summed E-state index contributed by atoms with van der Waals surface area (Å²) in [6.07, 6.45) is 2.40. The van der Waals surface area contributed by atoms with Gasteiger partial charge in [0.2, 0.25) is 11.8 Å². The molecule has 0 radical (unpaired) electrons. The fourth-order valence-electron chi connectivity index (χ4n) is 1.93. The highest BCUT2D eigenvalue weighted by atomic mass is 16.2. The van der Waals surface area contributed by atoms with Crippen molar-refractivity contribution in [1.82, 2.24) is 10.3 Å². The standard InChI is InChI=1S/C17H19N3O2/c1-2-13-6-8-14(9-7-13)20-17(22)11-16(21)19-12-15-5-3-4-10-18-15/h3-10H,2,11-12H2,1H3,(H,19,21)(H,20,22). The van der Waals surface area contributed by atoms with Gasteiger partial charge in [0.1, 0.15) is 6.42 Å². The van der Waals surface area contributed by atoms with E-state index in [4.69, 9.17) is 0 Å². The van der Waals surface area contributed by atoms with Crippen molar-refractivity contribution in [3.8, 4) is 0 Å². The third-order valence-electron chi connectivity index (χ3n) is 3.16. The first kappa shape index (κ1) is 15.7. The Morgan fingerprint density at radius 1 is 1.05 bits per heavy atom. The molecule has 22 heavy (non-hydrogen) atoms. The van der Waals surface area contributed by atoms with E-state index >= 15 is 0 Å². The summed E-state index contributed by atoms with van der Waals surface area (Å²) >= 11 is 0. The minimum absolute atomic E-state index is 0.206. The van der Waals surface area contributed by atoms with E-state index in [2.05, 4.69) is 22.5 Å². The van der Waals surface area contributed by atoms with Crippen LogP contribution in [0.15, 0.2) is 48.7 Å². The zero-order valence-electron chi connectivity index (χ0n) is 12.5. The highest BCUT2D eigenvalue weighted by Crippen LogP contribution is 2.10. The monoisotopic (exact) mass is 297 g/mol. The molecule has 2 rings (SSSR count). The summed E-state index contributed by atoms with van der Waals surface area (Å²) in [5.41, 5.74) is 2.65. The molecule has 0 aliphatic heterocycles. The normalized spacial score (nSPS) is 10.0. The predicted octanol–water partition coefficient (Wildman–Crippen LogP) is 2.29. The van der Waals surface area contributed by atoms with Crippen LogP contribution in [-0.2, 0) is 22.6 Å². The second-order valence-electron chi connectivity index (χ2n) is 4.87. The number of amides is 2. The molecule has 2 amide bonds. The Balaban J connectivity index is 1.77. The molecule has 1 aromatic heterocycles. The maximum absolute atomic E-state index is 11.8. The molecular weight excluding hydrogens is 278 g/mol. The molecule has 0 saturated carbocycles. The molecule has 0 spiro atoms. The topological polar surface area (TPSA) is 71.1 Å². The van der Waals surface area contributed by atoms with Gasteiger partial charge in [0.15, 0.2) is 0 Å². The molecule has 0 aliphatic rings. The lowest BCUT2D eigenvalue weighted by atomic mass is 10.1. The number of aromatic nitrogens is 1. The van der Waals surface area contributed by atoms with Gasteiger partial charge < -0.3 is 10.6 Å². The second-order valence-corrected chi connectivity index (χ2v) is 4.87. The molecule has 5 heteroatoms. The lowest BCUT2D eigenvalue weighted by Crippen LogP contribution is -2.28. The van der Waals surface area contributed by atoms with Gasteiger partial charge in [-0.15, -0.1) is 0 Å². The van der Waals surface area contributed by atoms with Crippen molar-refractivity contribution in [2.45, 2.75) is 26.3 Å². The van der Waals surface area contributed by atoms with Crippen molar-refractivity contribution in [1.29, 1.82) is 0 Å². The highest BCUT2D eigenvalue weighted by Gasteiger charge is 2.09. The lowest BCUT2D eigenvalue weighted by Gasteiger charge is -2.07. The van der Waals surface area contributed by atoms with Crippen molar-refractivity contribution in [2.24, 2.45) is 0 Å². The van der Waals surface area contributed by atoms with Crippen molar-refractivity contribution < 1.29 is 9.59 Å². The number of aryl methyl sites for hydroxylation is 1. The van der Waals surface area contributed by atoms with E-state index in [1.807, 2.05) is 42.5 Å². The van der Waals surface area contributed by atoms with Crippen LogP contribution in [0.25, 0.3) is 0 Å². The average molecular weight is 297 g/mol. The molecule has 2 N–H and O–H groups in total. The van der Waals surface area contributed by atoms with E-state index < -0.39 is 0 Å². The third kappa shape index (κ3) is 5.01. The van der Waals surface area contributed by atoms with Gasteiger partial charge in [-0.1, -0.05) is 25.1 Å². The van der Waals surface area contributed by atoms with Gasteiger partial charge in [0.05, 0.1) is 12.2 Å². The van der Waals surface area contributed by atoms with E-state index in [0.717, 1.165) is 12.1 Å². The minimum atomic E-state index is -0.331. The lowest BCUT2D eigenvalue weighted by molar-refractivity contribution is -0.126. The number of pyridine rings is 1. The van der Waals surface area contributed by atoms with Gasteiger partial charge in [0, 0.05) is 11.9 Å². The summed E-state index contributed by atoms with van der Waals surface area (Å²) in [7, 11) is 0. The first-order valence-electron chi connectivity index (χ1n) is 7.22. The molecule has 0 aliphatic carbocycles. The van der Waals surface area contributed by atoms with Crippen LogP contribution in [0.4, 0.5) is 5.69 Å². The summed E-state index contributed by atoms with van der Waals surface area (Å²) in [6, 6.07) is 13.1. The van der Waals surface area contributed by atoms with Gasteiger partial charge in [-0.25, -0.2) is 0 Å². The summed E-state index contributed by atoms with van der Waals surface area (Å²) in [5.74, 6) is -0.656. The first-order valence-corrected chi connectivity index (χ1v) is 7.22. The molecule has 1 aromatic carbocycles. The van der Waals surface area contributed by atoms with E-state index in [-0.39, 0.29) is 18.2 Å². The average Bonchev–Trinajstić information content (AvgIpc) is 2.54. The number of carbonyl (C=O) groups excluding carboxylic acids is 2. The zero-order chi connectivity index (χ0) is 15.8. The maximum atomic E-state index is 11.8. The van der Waals surface area contributed by atoms with Crippen molar-refractivity contribution in [3.63, 3.8) is 0 Å². The Kier molecular flexibility index (Phi) is 5.65. The van der Waals surface area contributed by atoms with E-state index in [1.54, 1.807) is 6.20 Å². The van der Waals surface area contributed by atoms with Crippen molar-refractivity contribution in [3.05, 3.63) is 59.9 Å². The maximum Gasteiger partial charge on any atom is 0.233 e. The van der Waals surface area contributed by atoms with Gasteiger partial charge in [-0.05, 0) is 36.2 Å². The number of hydrogen-bond acceptors (Lipinski definition) is 3. The number of anilines is 1. The summed E-state index contributed by atoms with van der Waals surface area (Å²) < 4.78 is 0. The number of carbonyl (C=O) groups is 2. The highest BCUT2D eigenvalue weighted by molar-refractivity contribution is 6.03. The molecule has 114 valence electrons. The molecule has 2 aromatic rings. The van der Waals surface area contributed by atoms with Crippen LogP contribution in [0, 0.1) is 0 Å². The Morgan fingerprint density at radius 3 is 2.45 bits per heavy atom. The van der Waals surface area contributed by atoms with Crippen LogP contribution in [0.1, 0.15) is 24.6 Å². The molecule has 0 unspecified atom stereocenters. The van der Waals surface area contributed by atoms with Crippen LogP contribution in [0.5, 0.6) is 0 Å². The van der Waals surface area contributed by atoms with E-state index in [0.29, 0.717) is 12.2 Å². The van der Waals surface area contributed by atoms with Gasteiger partial charge in [-0.3, -0.25) is 14.6 Å². The zero-order valence-corrected chi connectivity index (χ0v) is 12.5. The Bertz CT molecular complexity index is 624. The smallest absolute Gasteiger partial charge is 0.233 e. The number of benzene rings is 1. The Labute approximate surface area is 129 Å². The largest absolute Gasteiger partial charge is 0.350 e. The summed E-state index contributed by atoms with van der Waals surface area (Å²) in [6.45, 7) is 2.39. The predicted molar refractivity (Wildman–Crippen MR) is 85.2 cm³/mol. The molecule has 0 fully saturated rings. The van der Waals surface area contributed by atoms with Crippen LogP contribution in [-0.4, -0.2) is 16.8 Å². The second kappa shape index (κ2) is 7.93.